The van der Waals surface area contributed by atoms with E-state index in [9.17, 15) is 4.79 Å². The molecule has 1 amide bonds. The van der Waals surface area contributed by atoms with Gasteiger partial charge in [-0.1, -0.05) is 6.07 Å². The molecule has 0 aliphatic carbocycles. The number of carbonyl (C=O) groups is 1. The minimum absolute atomic E-state index is 0. The van der Waals surface area contributed by atoms with Crippen LogP contribution < -0.4 is 5.73 Å². The first-order valence-electron chi connectivity index (χ1n) is 6.21. The van der Waals surface area contributed by atoms with Crippen LogP contribution in [0.1, 0.15) is 23.3 Å². The van der Waals surface area contributed by atoms with Gasteiger partial charge in [0.15, 0.2) is 0 Å². The lowest BCUT2D eigenvalue weighted by Crippen LogP contribution is -2.39. The summed E-state index contributed by atoms with van der Waals surface area (Å²) in [7, 11) is 1.72. The smallest absolute Gasteiger partial charge is 0.272 e. The molecule has 1 aromatic rings. The average Bonchev–Trinajstić information content (AvgIpc) is 2.39. The van der Waals surface area contributed by atoms with Crippen molar-refractivity contribution >= 4 is 24.1 Å². The van der Waals surface area contributed by atoms with E-state index in [-0.39, 0.29) is 18.3 Å². The molecule has 1 aliphatic rings. The van der Waals surface area contributed by atoms with Crippen LogP contribution in [0.15, 0.2) is 18.2 Å². The molecule has 0 spiro atoms. The van der Waals surface area contributed by atoms with Gasteiger partial charge in [-0.3, -0.25) is 4.79 Å². The van der Waals surface area contributed by atoms with E-state index in [1.165, 1.54) is 0 Å². The number of anilines is 1. The number of pyridine rings is 1. The molecule has 1 fully saturated rings. The Morgan fingerprint density at radius 1 is 1.47 bits per heavy atom. The molecule has 2 rings (SSSR count). The number of carbonyl (C=O) groups excluding carboxylic acids is 1. The number of nitrogens with zero attached hydrogens (tertiary/aromatic N) is 2. The zero-order valence-corrected chi connectivity index (χ0v) is 11.9. The second-order valence-electron chi connectivity index (χ2n) is 4.64. The van der Waals surface area contributed by atoms with Gasteiger partial charge in [-0.2, -0.15) is 0 Å². The van der Waals surface area contributed by atoms with Crippen molar-refractivity contribution in [3.8, 4) is 0 Å². The molecule has 0 radical (unpaired) electrons. The Labute approximate surface area is 119 Å². The molecule has 1 saturated heterocycles. The van der Waals surface area contributed by atoms with E-state index >= 15 is 0 Å². The van der Waals surface area contributed by atoms with Crippen LogP contribution in [-0.4, -0.2) is 42.6 Å². The topological polar surface area (TPSA) is 68.5 Å². The van der Waals surface area contributed by atoms with Gasteiger partial charge in [0.25, 0.3) is 5.91 Å². The number of nitrogen functional groups attached to an aromatic ring is 1. The Balaban J connectivity index is 0.00000180. The zero-order chi connectivity index (χ0) is 13.0. The summed E-state index contributed by atoms with van der Waals surface area (Å²) >= 11 is 0. The summed E-state index contributed by atoms with van der Waals surface area (Å²) in [6, 6.07) is 5.15. The molecular formula is C13H20ClN3O2. The van der Waals surface area contributed by atoms with Gasteiger partial charge in [0.05, 0.1) is 0 Å². The Bertz CT molecular complexity index is 420. The number of likely N-dealkylation sites (tertiary alicyclic amines) is 1. The summed E-state index contributed by atoms with van der Waals surface area (Å²) in [4.78, 5) is 18.1. The number of methoxy groups -OCH3 is 1. The molecule has 6 heteroatoms. The predicted octanol–water partition coefficient (Wildman–Crippen LogP) is 1.58. The number of ether oxygens (including phenoxy) is 1. The first kappa shape index (κ1) is 15.7. The maximum absolute atomic E-state index is 12.2. The van der Waals surface area contributed by atoms with Crippen molar-refractivity contribution in [2.45, 2.75) is 12.8 Å². The Hall–Kier alpha value is -1.33. The van der Waals surface area contributed by atoms with E-state index < -0.39 is 0 Å². The number of nitrogens with two attached hydrogens (primary N) is 1. The van der Waals surface area contributed by atoms with Crippen LogP contribution in [0.5, 0.6) is 0 Å². The third-order valence-corrected chi connectivity index (χ3v) is 3.29. The van der Waals surface area contributed by atoms with E-state index in [2.05, 4.69) is 4.98 Å². The molecule has 0 bridgehead atoms. The molecular weight excluding hydrogens is 266 g/mol. The van der Waals surface area contributed by atoms with Crippen LogP contribution in [0.4, 0.5) is 5.82 Å². The quantitative estimate of drug-likeness (QED) is 0.916. The van der Waals surface area contributed by atoms with E-state index in [0.29, 0.717) is 17.4 Å². The van der Waals surface area contributed by atoms with E-state index in [0.717, 1.165) is 32.5 Å². The maximum Gasteiger partial charge on any atom is 0.272 e. The molecule has 0 saturated carbocycles. The third kappa shape index (κ3) is 4.08. The van der Waals surface area contributed by atoms with Crippen molar-refractivity contribution in [3.63, 3.8) is 0 Å². The van der Waals surface area contributed by atoms with E-state index in [4.69, 9.17) is 10.5 Å². The van der Waals surface area contributed by atoms with Crippen molar-refractivity contribution in [2.24, 2.45) is 5.92 Å². The molecule has 2 heterocycles. The lowest BCUT2D eigenvalue weighted by Gasteiger charge is -2.31. The Kier molecular flexibility index (Phi) is 6.05. The van der Waals surface area contributed by atoms with Crippen molar-refractivity contribution in [1.82, 2.24) is 9.88 Å². The molecule has 0 unspecified atom stereocenters. The van der Waals surface area contributed by atoms with Gasteiger partial charge in [-0.05, 0) is 30.9 Å². The largest absolute Gasteiger partial charge is 0.384 e. The lowest BCUT2D eigenvalue weighted by molar-refractivity contribution is 0.0608. The molecule has 19 heavy (non-hydrogen) atoms. The van der Waals surface area contributed by atoms with Crippen LogP contribution >= 0.6 is 12.4 Å². The van der Waals surface area contributed by atoms with Gasteiger partial charge < -0.3 is 15.4 Å². The van der Waals surface area contributed by atoms with Gasteiger partial charge in [-0.15, -0.1) is 12.4 Å². The minimum Gasteiger partial charge on any atom is -0.384 e. The highest BCUT2D eigenvalue weighted by Gasteiger charge is 2.24. The van der Waals surface area contributed by atoms with Crippen molar-refractivity contribution in [3.05, 3.63) is 23.9 Å². The van der Waals surface area contributed by atoms with Crippen molar-refractivity contribution < 1.29 is 9.53 Å². The number of hydrogen-bond acceptors (Lipinski definition) is 4. The molecule has 2 N–H and O–H groups in total. The number of hydrogen-bond donors (Lipinski definition) is 1. The van der Waals surface area contributed by atoms with Gasteiger partial charge in [-0.25, -0.2) is 4.98 Å². The first-order valence-corrected chi connectivity index (χ1v) is 6.21. The van der Waals surface area contributed by atoms with Gasteiger partial charge in [0.2, 0.25) is 0 Å². The predicted molar refractivity (Wildman–Crippen MR) is 76.4 cm³/mol. The fourth-order valence-corrected chi connectivity index (χ4v) is 2.27. The van der Waals surface area contributed by atoms with Crippen LogP contribution in [0.2, 0.25) is 0 Å². The van der Waals surface area contributed by atoms with E-state index in [1.807, 2.05) is 4.90 Å². The summed E-state index contributed by atoms with van der Waals surface area (Å²) in [5.74, 6) is 0.918. The molecule has 0 aromatic carbocycles. The molecule has 0 atom stereocenters. The van der Waals surface area contributed by atoms with Crippen LogP contribution in [-0.2, 0) is 4.74 Å². The lowest BCUT2D eigenvalue weighted by atomic mass is 9.97. The third-order valence-electron chi connectivity index (χ3n) is 3.29. The van der Waals surface area contributed by atoms with Gasteiger partial charge in [0, 0.05) is 26.8 Å². The van der Waals surface area contributed by atoms with Gasteiger partial charge in [0.1, 0.15) is 11.5 Å². The van der Waals surface area contributed by atoms with Crippen molar-refractivity contribution in [1.29, 1.82) is 0 Å². The SMILES string of the molecule is COCC1CCN(C(=O)c2cccc(N)n2)CC1.Cl. The highest BCUT2D eigenvalue weighted by Crippen LogP contribution is 2.18. The monoisotopic (exact) mass is 285 g/mol. The highest BCUT2D eigenvalue weighted by atomic mass is 35.5. The van der Waals surface area contributed by atoms with E-state index in [1.54, 1.807) is 25.3 Å². The van der Waals surface area contributed by atoms with Gasteiger partial charge >= 0.3 is 0 Å². The minimum atomic E-state index is -0.0295. The maximum atomic E-state index is 12.2. The summed E-state index contributed by atoms with van der Waals surface area (Å²) in [5.41, 5.74) is 6.02. The summed E-state index contributed by atoms with van der Waals surface area (Å²) in [6.45, 7) is 2.31. The Morgan fingerprint density at radius 2 is 2.16 bits per heavy atom. The molecule has 5 nitrogen and oxygen atoms in total. The summed E-state index contributed by atoms with van der Waals surface area (Å²) < 4.78 is 5.15. The molecule has 106 valence electrons. The van der Waals surface area contributed by atoms with Crippen LogP contribution in [0.3, 0.4) is 0 Å². The second kappa shape index (κ2) is 7.31. The zero-order valence-electron chi connectivity index (χ0n) is 11.0. The fourth-order valence-electron chi connectivity index (χ4n) is 2.27. The number of piperidine rings is 1. The highest BCUT2D eigenvalue weighted by molar-refractivity contribution is 5.92. The number of halogens is 1. The number of aromatic nitrogens is 1. The second-order valence-corrected chi connectivity index (χ2v) is 4.64. The normalized spacial score (nSPS) is 15.9. The van der Waals surface area contributed by atoms with Crippen LogP contribution in [0, 0.1) is 5.92 Å². The summed E-state index contributed by atoms with van der Waals surface area (Å²) in [5, 5.41) is 0. The van der Waals surface area contributed by atoms with Crippen LogP contribution in [0.25, 0.3) is 0 Å². The first-order chi connectivity index (χ1) is 8.70. The number of rotatable bonds is 3. The standard InChI is InChI=1S/C13H19N3O2.ClH/c1-18-9-10-5-7-16(8-6-10)13(17)11-3-2-4-12(14)15-11;/h2-4,10H,5-9H2,1H3,(H2,14,15);1H. The fraction of sp³-hybridized carbons (Fsp3) is 0.538. The molecule has 1 aromatic heterocycles. The average molecular weight is 286 g/mol. The summed E-state index contributed by atoms with van der Waals surface area (Å²) in [6.07, 6.45) is 1.98. The van der Waals surface area contributed by atoms with Crippen molar-refractivity contribution in [2.75, 3.05) is 32.5 Å². The number of amides is 1. The Morgan fingerprint density at radius 3 is 2.74 bits per heavy atom. The molecule has 1 aliphatic heterocycles.